The molecule has 0 saturated heterocycles. The summed E-state index contributed by atoms with van der Waals surface area (Å²) in [4.78, 5) is 38.1. The predicted octanol–water partition coefficient (Wildman–Crippen LogP) is 6.47. The molecule has 0 aromatic carbocycles. The van der Waals surface area contributed by atoms with E-state index in [1.807, 2.05) is 0 Å². The summed E-state index contributed by atoms with van der Waals surface area (Å²) >= 11 is 0. The molecule has 0 radical (unpaired) electrons. The topological polar surface area (TPSA) is 92.7 Å². The second kappa shape index (κ2) is 22.1. The van der Waals surface area contributed by atoms with Crippen LogP contribution in [0.5, 0.6) is 0 Å². The standard InChI is InChI=1S/C24H45NO5/c1-2-3-4-5-6-7-8-9-10-11-12-13-14-15-16-19-22(26)25-30-24(29)21-18-17-20-23(27)28/h2-21H2,1H3,(H,25,26)(H,27,28). The number of aliphatic carboxylic acids is 1. The Morgan fingerprint density at radius 1 is 0.600 bits per heavy atom. The van der Waals surface area contributed by atoms with Crippen LogP contribution in [0.25, 0.3) is 0 Å². The highest BCUT2D eigenvalue weighted by molar-refractivity contribution is 5.77. The Morgan fingerprint density at radius 2 is 1.00 bits per heavy atom. The lowest BCUT2D eigenvalue weighted by Gasteiger charge is -2.06. The van der Waals surface area contributed by atoms with Gasteiger partial charge in [0.2, 0.25) is 0 Å². The molecular formula is C24H45NO5. The molecule has 0 aliphatic carbocycles. The third-order valence-corrected chi connectivity index (χ3v) is 5.31. The fraction of sp³-hybridized carbons (Fsp3) is 0.875. The summed E-state index contributed by atoms with van der Waals surface area (Å²) in [6.07, 6.45) is 20.6. The molecule has 0 saturated carbocycles. The van der Waals surface area contributed by atoms with Gasteiger partial charge in [-0.05, 0) is 19.3 Å². The third-order valence-electron chi connectivity index (χ3n) is 5.31. The van der Waals surface area contributed by atoms with E-state index in [0.29, 0.717) is 19.3 Å². The molecule has 0 aliphatic rings. The number of nitrogens with one attached hydrogen (secondary N) is 1. The van der Waals surface area contributed by atoms with Gasteiger partial charge in [0, 0.05) is 19.3 Å². The van der Waals surface area contributed by atoms with E-state index in [0.717, 1.165) is 19.3 Å². The molecule has 6 heteroatoms. The number of hydrogen-bond donors (Lipinski definition) is 2. The van der Waals surface area contributed by atoms with Gasteiger partial charge in [-0.25, -0.2) is 4.79 Å². The molecule has 176 valence electrons. The maximum atomic E-state index is 11.6. The van der Waals surface area contributed by atoms with Crippen LogP contribution in [0, 0.1) is 0 Å². The monoisotopic (exact) mass is 427 g/mol. The molecule has 0 rings (SSSR count). The van der Waals surface area contributed by atoms with Crippen LogP contribution in [0.1, 0.15) is 135 Å². The van der Waals surface area contributed by atoms with Crippen molar-refractivity contribution in [1.29, 1.82) is 0 Å². The Kier molecular flexibility index (Phi) is 20.9. The molecule has 0 heterocycles. The number of amides is 1. The Morgan fingerprint density at radius 3 is 1.47 bits per heavy atom. The molecule has 0 bridgehead atoms. The molecule has 0 fully saturated rings. The molecule has 0 aliphatic heterocycles. The lowest BCUT2D eigenvalue weighted by molar-refractivity contribution is -0.158. The molecule has 2 N–H and O–H groups in total. The number of carboxylic acid groups (broad SMARTS) is 1. The number of rotatable bonds is 21. The number of carboxylic acids is 1. The van der Waals surface area contributed by atoms with Crippen LogP contribution in [0.15, 0.2) is 0 Å². The zero-order valence-corrected chi connectivity index (χ0v) is 19.2. The van der Waals surface area contributed by atoms with Crippen LogP contribution >= 0.6 is 0 Å². The molecular weight excluding hydrogens is 382 g/mol. The SMILES string of the molecule is CCCCCCCCCCCCCCCCCC(=O)NOC(=O)CCCCC(=O)O. The van der Waals surface area contributed by atoms with Crippen LogP contribution in [-0.4, -0.2) is 23.0 Å². The molecule has 0 aromatic rings. The van der Waals surface area contributed by atoms with Crippen LogP contribution in [0.4, 0.5) is 0 Å². The summed E-state index contributed by atoms with van der Waals surface area (Å²) in [5.41, 5.74) is 2.18. The maximum Gasteiger partial charge on any atom is 0.332 e. The van der Waals surface area contributed by atoms with Crippen molar-refractivity contribution in [1.82, 2.24) is 5.48 Å². The first-order valence-electron chi connectivity index (χ1n) is 12.3. The summed E-state index contributed by atoms with van der Waals surface area (Å²) in [6.45, 7) is 2.26. The van der Waals surface area contributed by atoms with Crippen molar-refractivity contribution in [3.05, 3.63) is 0 Å². The van der Waals surface area contributed by atoms with Gasteiger partial charge in [-0.1, -0.05) is 96.8 Å². The van der Waals surface area contributed by atoms with Crippen LogP contribution in [0.3, 0.4) is 0 Å². The fourth-order valence-electron chi connectivity index (χ4n) is 3.42. The van der Waals surface area contributed by atoms with Crippen molar-refractivity contribution in [3.8, 4) is 0 Å². The average Bonchev–Trinajstić information content (AvgIpc) is 2.72. The zero-order valence-electron chi connectivity index (χ0n) is 19.2. The first kappa shape index (κ1) is 28.4. The molecule has 6 nitrogen and oxygen atoms in total. The number of hydrogen-bond acceptors (Lipinski definition) is 4. The van der Waals surface area contributed by atoms with E-state index < -0.39 is 11.9 Å². The summed E-state index contributed by atoms with van der Waals surface area (Å²) in [5, 5.41) is 8.51. The minimum Gasteiger partial charge on any atom is -0.481 e. The highest BCUT2D eigenvalue weighted by Gasteiger charge is 2.07. The van der Waals surface area contributed by atoms with Gasteiger partial charge in [-0.3, -0.25) is 9.59 Å². The normalized spacial score (nSPS) is 10.7. The van der Waals surface area contributed by atoms with E-state index >= 15 is 0 Å². The molecule has 0 unspecified atom stereocenters. The van der Waals surface area contributed by atoms with E-state index in [4.69, 9.17) is 9.94 Å². The minimum absolute atomic E-state index is 0.0405. The fourth-order valence-corrected chi connectivity index (χ4v) is 3.42. The molecule has 0 atom stereocenters. The Hall–Kier alpha value is -1.59. The summed E-state index contributed by atoms with van der Waals surface area (Å²) < 4.78 is 0. The van der Waals surface area contributed by atoms with E-state index in [2.05, 4.69) is 12.4 Å². The van der Waals surface area contributed by atoms with Crippen LogP contribution in [-0.2, 0) is 19.2 Å². The van der Waals surface area contributed by atoms with Crippen molar-refractivity contribution in [2.24, 2.45) is 0 Å². The third kappa shape index (κ3) is 22.7. The second-order valence-corrected chi connectivity index (χ2v) is 8.30. The quantitative estimate of drug-likeness (QED) is 0.162. The molecule has 30 heavy (non-hydrogen) atoms. The Labute approximate surface area is 183 Å². The lowest BCUT2D eigenvalue weighted by Crippen LogP contribution is -2.26. The number of carbonyl (C=O) groups excluding carboxylic acids is 2. The minimum atomic E-state index is -0.875. The van der Waals surface area contributed by atoms with Crippen molar-refractivity contribution < 1.29 is 24.3 Å². The van der Waals surface area contributed by atoms with E-state index in [-0.39, 0.29) is 18.7 Å². The van der Waals surface area contributed by atoms with Gasteiger partial charge in [0.25, 0.3) is 5.91 Å². The van der Waals surface area contributed by atoms with Gasteiger partial charge in [0.05, 0.1) is 0 Å². The average molecular weight is 428 g/mol. The van der Waals surface area contributed by atoms with Crippen molar-refractivity contribution in [2.45, 2.75) is 135 Å². The number of hydroxylamine groups is 1. The summed E-state index contributed by atoms with van der Waals surface area (Å²) in [6, 6.07) is 0. The zero-order chi connectivity index (χ0) is 22.3. The van der Waals surface area contributed by atoms with Gasteiger partial charge < -0.3 is 9.94 Å². The maximum absolute atomic E-state index is 11.6. The van der Waals surface area contributed by atoms with E-state index in [1.54, 1.807) is 0 Å². The van der Waals surface area contributed by atoms with Crippen LogP contribution in [0.2, 0.25) is 0 Å². The predicted molar refractivity (Wildman–Crippen MR) is 120 cm³/mol. The van der Waals surface area contributed by atoms with Crippen molar-refractivity contribution >= 4 is 17.8 Å². The lowest BCUT2D eigenvalue weighted by atomic mass is 10.0. The smallest absolute Gasteiger partial charge is 0.332 e. The van der Waals surface area contributed by atoms with E-state index in [1.165, 1.54) is 77.0 Å². The van der Waals surface area contributed by atoms with Gasteiger partial charge in [-0.2, -0.15) is 5.48 Å². The first-order chi connectivity index (χ1) is 14.6. The highest BCUT2D eigenvalue weighted by Crippen LogP contribution is 2.13. The second-order valence-electron chi connectivity index (χ2n) is 8.30. The largest absolute Gasteiger partial charge is 0.481 e. The Bertz CT molecular complexity index is 439. The van der Waals surface area contributed by atoms with Crippen molar-refractivity contribution in [3.63, 3.8) is 0 Å². The van der Waals surface area contributed by atoms with Gasteiger partial charge in [-0.15, -0.1) is 0 Å². The van der Waals surface area contributed by atoms with Gasteiger partial charge in [0.1, 0.15) is 0 Å². The van der Waals surface area contributed by atoms with Crippen molar-refractivity contribution in [2.75, 3.05) is 0 Å². The highest BCUT2D eigenvalue weighted by atomic mass is 16.7. The first-order valence-corrected chi connectivity index (χ1v) is 12.3. The summed E-state index contributed by atoms with van der Waals surface area (Å²) in [5.74, 6) is -1.67. The number of carbonyl (C=O) groups is 3. The Balaban J connectivity index is 3.27. The summed E-state index contributed by atoms with van der Waals surface area (Å²) in [7, 11) is 0. The van der Waals surface area contributed by atoms with Gasteiger partial charge in [0.15, 0.2) is 0 Å². The van der Waals surface area contributed by atoms with E-state index in [9.17, 15) is 14.4 Å². The molecule has 0 spiro atoms. The van der Waals surface area contributed by atoms with Crippen LogP contribution < -0.4 is 5.48 Å². The number of unbranched alkanes of at least 4 members (excludes halogenated alkanes) is 15. The van der Waals surface area contributed by atoms with Gasteiger partial charge >= 0.3 is 11.9 Å². The molecule has 1 amide bonds. The molecule has 0 aromatic heterocycles.